The van der Waals surface area contributed by atoms with Crippen LogP contribution in [-0.4, -0.2) is 35.8 Å². The van der Waals surface area contributed by atoms with Crippen LogP contribution in [0.2, 0.25) is 0 Å². The molecule has 182 valence electrons. The van der Waals surface area contributed by atoms with E-state index < -0.39 is 17.4 Å². The number of hydrogen-bond acceptors (Lipinski definition) is 3. The molecule has 0 spiro atoms. The molecule has 3 N–H and O–H groups in total. The van der Waals surface area contributed by atoms with E-state index in [9.17, 15) is 9.59 Å². The van der Waals surface area contributed by atoms with Crippen molar-refractivity contribution in [2.24, 2.45) is 17.6 Å². The summed E-state index contributed by atoms with van der Waals surface area (Å²) in [5.41, 5.74) is 8.56. The van der Waals surface area contributed by atoms with Gasteiger partial charge in [-0.25, -0.2) is 0 Å². The summed E-state index contributed by atoms with van der Waals surface area (Å²) in [5, 5.41) is 3.15. The molecule has 2 amide bonds. The van der Waals surface area contributed by atoms with Crippen LogP contribution in [0.1, 0.15) is 74.6 Å². The van der Waals surface area contributed by atoms with Crippen molar-refractivity contribution < 1.29 is 9.59 Å². The number of likely N-dealkylation sites (N-methyl/N-ethyl adjacent to an activating group) is 1. The van der Waals surface area contributed by atoms with Crippen LogP contribution in [0, 0.1) is 11.8 Å². The van der Waals surface area contributed by atoms with E-state index in [-0.39, 0.29) is 17.9 Å². The lowest BCUT2D eigenvalue weighted by Gasteiger charge is -2.43. The van der Waals surface area contributed by atoms with Crippen LogP contribution >= 0.6 is 0 Å². The molecule has 1 saturated carbocycles. The Hall–Kier alpha value is -2.66. The third-order valence-corrected chi connectivity index (χ3v) is 8.16. The molecule has 5 nitrogen and oxygen atoms in total. The first kappa shape index (κ1) is 24.5. The van der Waals surface area contributed by atoms with E-state index >= 15 is 0 Å². The zero-order chi connectivity index (χ0) is 24.1. The number of hydrogen-bond donors (Lipinski definition) is 2. The first-order valence-electron chi connectivity index (χ1n) is 12.9. The molecule has 1 aliphatic carbocycles. The van der Waals surface area contributed by atoms with Gasteiger partial charge in [0, 0.05) is 6.54 Å². The fraction of sp³-hybridized carbons (Fsp3) is 0.517. The minimum Gasteiger partial charge on any atom is -0.368 e. The summed E-state index contributed by atoms with van der Waals surface area (Å²) in [6.07, 6.45) is 8.17. The van der Waals surface area contributed by atoms with Gasteiger partial charge in [0.05, 0.1) is 12.0 Å². The second-order valence-corrected chi connectivity index (χ2v) is 10.3. The fourth-order valence-electron chi connectivity index (χ4n) is 6.12. The number of amides is 2. The monoisotopic (exact) mass is 461 g/mol. The summed E-state index contributed by atoms with van der Waals surface area (Å²) in [5.74, 6) is -0.627. The molecule has 3 atom stereocenters. The molecular weight excluding hydrogens is 422 g/mol. The average Bonchev–Trinajstić information content (AvgIpc) is 3.35. The van der Waals surface area contributed by atoms with Gasteiger partial charge in [-0.15, -0.1) is 0 Å². The summed E-state index contributed by atoms with van der Waals surface area (Å²) in [4.78, 5) is 28.8. The van der Waals surface area contributed by atoms with E-state index in [0.29, 0.717) is 0 Å². The van der Waals surface area contributed by atoms with Crippen LogP contribution in [0.15, 0.2) is 54.6 Å². The van der Waals surface area contributed by atoms with E-state index in [1.165, 1.54) is 23.1 Å². The van der Waals surface area contributed by atoms with E-state index in [1.807, 2.05) is 17.9 Å². The third kappa shape index (κ3) is 5.05. The zero-order valence-corrected chi connectivity index (χ0v) is 20.6. The van der Waals surface area contributed by atoms with Crippen LogP contribution < -0.4 is 11.1 Å². The highest BCUT2D eigenvalue weighted by Gasteiger charge is 2.50. The van der Waals surface area contributed by atoms with E-state index in [0.717, 1.165) is 51.5 Å². The SMILES string of the molecule is CNC(C)(C(N)=O)[C@@H](C(=O)N1CCC[C@@H]1c1cccc(Cc2ccccc2)c1)C1CCCCC1. The van der Waals surface area contributed by atoms with Gasteiger partial charge in [-0.05, 0) is 68.7 Å². The molecule has 2 fully saturated rings. The molecule has 1 heterocycles. The second kappa shape index (κ2) is 10.7. The molecule has 1 unspecified atom stereocenters. The highest BCUT2D eigenvalue weighted by atomic mass is 16.2. The summed E-state index contributed by atoms with van der Waals surface area (Å²) < 4.78 is 0. The van der Waals surface area contributed by atoms with Gasteiger partial charge in [-0.3, -0.25) is 9.59 Å². The Balaban J connectivity index is 1.61. The van der Waals surface area contributed by atoms with Crippen LogP contribution in [0.4, 0.5) is 0 Å². The molecule has 1 saturated heterocycles. The minimum absolute atomic E-state index is 0.0447. The smallest absolute Gasteiger partial charge is 0.238 e. The van der Waals surface area contributed by atoms with Crippen molar-refractivity contribution in [2.75, 3.05) is 13.6 Å². The van der Waals surface area contributed by atoms with Gasteiger partial charge in [0.2, 0.25) is 11.8 Å². The molecule has 0 aromatic heterocycles. The molecule has 2 aliphatic rings. The van der Waals surface area contributed by atoms with Crippen molar-refractivity contribution in [3.05, 3.63) is 71.3 Å². The lowest BCUT2D eigenvalue weighted by Crippen LogP contribution is -2.63. The maximum atomic E-state index is 14.2. The topological polar surface area (TPSA) is 75.4 Å². The standard InChI is InChI=1S/C29H39N3O2/c1-29(31-2,28(30)34)26(23-14-7-4-8-15-23)27(33)32-18-10-17-25(32)24-16-9-13-22(20-24)19-21-11-5-3-6-12-21/h3,5-6,9,11-13,16,20,23,25-26,31H,4,7-8,10,14-15,17-19H2,1-2H3,(H2,30,34)/t25-,26-,29?/m1/s1. The van der Waals surface area contributed by atoms with Gasteiger partial charge in [-0.2, -0.15) is 0 Å². The second-order valence-electron chi connectivity index (χ2n) is 10.3. The van der Waals surface area contributed by atoms with Crippen molar-refractivity contribution in [3.63, 3.8) is 0 Å². The van der Waals surface area contributed by atoms with Crippen LogP contribution in [0.25, 0.3) is 0 Å². The minimum atomic E-state index is -1.05. The predicted molar refractivity (Wildman–Crippen MR) is 136 cm³/mol. The maximum Gasteiger partial charge on any atom is 0.238 e. The highest BCUT2D eigenvalue weighted by molar-refractivity contribution is 5.93. The number of carbonyl (C=O) groups excluding carboxylic acids is 2. The summed E-state index contributed by atoms with van der Waals surface area (Å²) >= 11 is 0. The molecule has 1 aliphatic heterocycles. The molecule has 0 bridgehead atoms. The largest absolute Gasteiger partial charge is 0.368 e. The van der Waals surface area contributed by atoms with E-state index in [4.69, 9.17) is 5.73 Å². The van der Waals surface area contributed by atoms with Gasteiger partial charge in [0.1, 0.15) is 5.54 Å². The van der Waals surface area contributed by atoms with Crippen molar-refractivity contribution in [3.8, 4) is 0 Å². The Morgan fingerprint density at radius 3 is 2.38 bits per heavy atom. The Morgan fingerprint density at radius 1 is 1.00 bits per heavy atom. The molecule has 4 rings (SSSR count). The number of nitrogens with zero attached hydrogens (tertiary/aromatic N) is 1. The normalized spacial score (nSPS) is 21.7. The number of likely N-dealkylation sites (tertiary alicyclic amines) is 1. The molecule has 5 heteroatoms. The molecule has 2 aromatic carbocycles. The lowest BCUT2D eigenvalue weighted by atomic mass is 9.69. The van der Waals surface area contributed by atoms with Crippen molar-refractivity contribution in [1.82, 2.24) is 10.2 Å². The van der Waals surface area contributed by atoms with E-state index in [2.05, 4.69) is 53.8 Å². The highest BCUT2D eigenvalue weighted by Crippen LogP contribution is 2.41. The number of rotatable bonds is 8. The van der Waals surface area contributed by atoms with Crippen molar-refractivity contribution >= 4 is 11.8 Å². The van der Waals surface area contributed by atoms with Gasteiger partial charge in [0.25, 0.3) is 0 Å². The zero-order valence-electron chi connectivity index (χ0n) is 20.6. The number of carbonyl (C=O) groups is 2. The van der Waals surface area contributed by atoms with Crippen molar-refractivity contribution in [1.29, 1.82) is 0 Å². The maximum absolute atomic E-state index is 14.2. The van der Waals surface area contributed by atoms with Gasteiger partial charge in [-0.1, -0.05) is 73.9 Å². The molecule has 34 heavy (non-hydrogen) atoms. The Morgan fingerprint density at radius 2 is 1.71 bits per heavy atom. The fourth-order valence-corrected chi connectivity index (χ4v) is 6.12. The predicted octanol–water partition coefficient (Wildman–Crippen LogP) is 4.60. The number of benzene rings is 2. The average molecular weight is 462 g/mol. The lowest BCUT2D eigenvalue weighted by molar-refractivity contribution is -0.147. The first-order valence-corrected chi connectivity index (χ1v) is 12.9. The quantitative estimate of drug-likeness (QED) is 0.603. The Labute approximate surface area is 204 Å². The Kier molecular flexibility index (Phi) is 7.72. The van der Waals surface area contributed by atoms with E-state index in [1.54, 1.807) is 7.05 Å². The summed E-state index contributed by atoms with van der Waals surface area (Å²) in [6.45, 7) is 2.55. The van der Waals surface area contributed by atoms with Crippen LogP contribution in [-0.2, 0) is 16.0 Å². The van der Waals surface area contributed by atoms with Crippen LogP contribution in [0.3, 0.4) is 0 Å². The number of nitrogens with two attached hydrogens (primary N) is 1. The van der Waals surface area contributed by atoms with Crippen LogP contribution in [0.5, 0.6) is 0 Å². The number of nitrogens with one attached hydrogen (secondary N) is 1. The summed E-state index contributed by atoms with van der Waals surface area (Å²) in [7, 11) is 1.75. The summed E-state index contributed by atoms with van der Waals surface area (Å²) in [6, 6.07) is 19.2. The first-order chi connectivity index (χ1) is 16.4. The number of primary amides is 1. The van der Waals surface area contributed by atoms with Crippen molar-refractivity contribution in [2.45, 2.75) is 69.9 Å². The molecular formula is C29H39N3O2. The van der Waals surface area contributed by atoms with Gasteiger partial charge < -0.3 is 16.0 Å². The molecule has 0 radical (unpaired) electrons. The Bertz CT molecular complexity index is 986. The van der Waals surface area contributed by atoms with Gasteiger partial charge >= 0.3 is 0 Å². The van der Waals surface area contributed by atoms with Gasteiger partial charge in [0.15, 0.2) is 0 Å². The third-order valence-electron chi connectivity index (χ3n) is 8.16. The molecule has 2 aromatic rings.